The number of hydrazine groups is 1. The van der Waals surface area contributed by atoms with Gasteiger partial charge in [-0.05, 0) is 43.5 Å². The first kappa shape index (κ1) is 15.5. The van der Waals surface area contributed by atoms with E-state index in [1.165, 1.54) is 0 Å². The summed E-state index contributed by atoms with van der Waals surface area (Å²) in [5.41, 5.74) is 1.98. The van der Waals surface area contributed by atoms with Gasteiger partial charge in [-0.2, -0.15) is 0 Å². The summed E-state index contributed by atoms with van der Waals surface area (Å²) in [5.74, 6) is 0.0875. The molecule has 1 aliphatic rings. The highest BCUT2D eigenvalue weighted by molar-refractivity contribution is 9.10. The van der Waals surface area contributed by atoms with E-state index in [9.17, 15) is 4.79 Å². The van der Waals surface area contributed by atoms with E-state index >= 15 is 0 Å². The van der Waals surface area contributed by atoms with Crippen molar-refractivity contribution in [3.63, 3.8) is 0 Å². The molecule has 1 amide bonds. The third-order valence-electron chi connectivity index (χ3n) is 3.71. The monoisotopic (exact) mass is 339 g/mol. The quantitative estimate of drug-likeness (QED) is 0.915. The van der Waals surface area contributed by atoms with Crippen LogP contribution < -0.4 is 5.32 Å². The van der Waals surface area contributed by atoms with E-state index in [0.717, 1.165) is 41.7 Å². The summed E-state index contributed by atoms with van der Waals surface area (Å²) in [6.45, 7) is 6.02. The average Bonchev–Trinajstić information content (AvgIpc) is 2.76. The van der Waals surface area contributed by atoms with Gasteiger partial charge in [0.25, 0.3) is 0 Å². The largest absolute Gasteiger partial charge is 0.325 e. The van der Waals surface area contributed by atoms with Gasteiger partial charge in [0.05, 0.1) is 0 Å². The predicted molar refractivity (Wildman–Crippen MR) is 85.5 cm³/mol. The van der Waals surface area contributed by atoms with Crippen LogP contribution in [0, 0.1) is 6.92 Å². The second kappa shape index (κ2) is 6.70. The molecular formula is C15H22BrN3O. The Morgan fingerprint density at radius 1 is 1.50 bits per heavy atom. The number of amides is 1. The number of halogens is 1. The number of rotatable bonds is 4. The van der Waals surface area contributed by atoms with Gasteiger partial charge in [-0.25, -0.2) is 10.0 Å². The zero-order chi connectivity index (χ0) is 14.7. The van der Waals surface area contributed by atoms with Gasteiger partial charge in [0, 0.05) is 30.3 Å². The van der Waals surface area contributed by atoms with Gasteiger partial charge < -0.3 is 5.32 Å². The van der Waals surface area contributed by atoms with Gasteiger partial charge in [0.2, 0.25) is 5.91 Å². The van der Waals surface area contributed by atoms with Crippen molar-refractivity contribution < 1.29 is 4.79 Å². The summed E-state index contributed by atoms with van der Waals surface area (Å²) in [6.07, 6.45) is 1.93. The minimum absolute atomic E-state index is 0.0519. The Bertz CT molecular complexity index is 492. The van der Waals surface area contributed by atoms with Gasteiger partial charge in [-0.3, -0.25) is 4.79 Å². The molecule has 1 aromatic carbocycles. The second-order valence-electron chi connectivity index (χ2n) is 5.30. The third kappa shape index (κ3) is 3.40. The third-order valence-corrected chi connectivity index (χ3v) is 4.60. The number of carbonyl (C=O) groups is 1. The fraction of sp³-hybridized carbons (Fsp3) is 0.533. The minimum atomic E-state index is -0.0519. The van der Waals surface area contributed by atoms with Crippen molar-refractivity contribution in [3.05, 3.63) is 28.2 Å². The summed E-state index contributed by atoms with van der Waals surface area (Å²) in [4.78, 5) is 12.5. The Morgan fingerprint density at radius 3 is 2.90 bits per heavy atom. The molecule has 1 aliphatic heterocycles. The standard InChI is InChI=1S/C15H22BrN3O/c1-4-8-19-14(7-9-18(19)3)15(20)17-12-5-6-13(16)11(2)10-12/h5-6,10,14H,4,7-9H2,1-3H3,(H,17,20). The summed E-state index contributed by atoms with van der Waals surface area (Å²) >= 11 is 3.47. The van der Waals surface area contributed by atoms with Crippen molar-refractivity contribution in [2.45, 2.75) is 32.7 Å². The second-order valence-corrected chi connectivity index (χ2v) is 6.16. The molecule has 0 saturated carbocycles. The lowest BCUT2D eigenvalue weighted by atomic mass is 10.2. The highest BCUT2D eigenvalue weighted by atomic mass is 79.9. The van der Waals surface area contributed by atoms with Crippen LogP contribution in [0.15, 0.2) is 22.7 Å². The molecule has 1 fully saturated rings. The predicted octanol–water partition coefficient (Wildman–Crippen LogP) is 3.03. The van der Waals surface area contributed by atoms with Gasteiger partial charge in [-0.15, -0.1) is 0 Å². The Morgan fingerprint density at radius 2 is 2.25 bits per heavy atom. The summed E-state index contributed by atoms with van der Waals surface area (Å²) < 4.78 is 1.06. The Balaban J connectivity index is 2.05. The van der Waals surface area contributed by atoms with Crippen LogP contribution in [0.5, 0.6) is 0 Å². The van der Waals surface area contributed by atoms with Crippen LogP contribution >= 0.6 is 15.9 Å². The van der Waals surface area contributed by atoms with Crippen molar-refractivity contribution in [2.24, 2.45) is 0 Å². The zero-order valence-electron chi connectivity index (χ0n) is 12.3. The number of hydrogen-bond donors (Lipinski definition) is 1. The van der Waals surface area contributed by atoms with E-state index < -0.39 is 0 Å². The van der Waals surface area contributed by atoms with Crippen molar-refractivity contribution in [3.8, 4) is 0 Å². The van der Waals surface area contributed by atoms with Gasteiger partial charge in [0.15, 0.2) is 0 Å². The van der Waals surface area contributed by atoms with Crippen LogP contribution in [0.1, 0.15) is 25.3 Å². The smallest absolute Gasteiger partial charge is 0.243 e. The maximum atomic E-state index is 12.5. The molecule has 1 heterocycles. The van der Waals surface area contributed by atoms with Crippen LogP contribution in [0.3, 0.4) is 0 Å². The molecule has 20 heavy (non-hydrogen) atoms. The topological polar surface area (TPSA) is 35.6 Å². The highest BCUT2D eigenvalue weighted by Gasteiger charge is 2.33. The first-order valence-corrected chi connectivity index (χ1v) is 7.87. The minimum Gasteiger partial charge on any atom is -0.325 e. The molecule has 1 aromatic rings. The molecule has 4 nitrogen and oxygen atoms in total. The van der Waals surface area contributed by atoms with Crippen molar-refractivity contribution in [2.75, 3.05) is 25.5 Å². The number of nitrogens with one attached hydrogen (secondary N) is 1. The van der Waals surface area contributed by atoms with Crippen LogP contribution in [0.4, 0.5) is 5.69 Å². The number of anilines is 1. The lowest BCUT2D eigenvalue weighted by molar-refractivity contribution is -0.124. The van der Waals surface area contributed by atoms with E-state index in [4.69, 9.17) is 0 Å². The van der Waals surface area contributed by atoms with Gasteiger partial charge >= 0.3 is 0 Å². The van der Waals surface area contributed by atoms with E-state index in [0.29, 0.717) is 0 Å². The molecule has 0 spiro atoms. The normalized spacial score (nSPS) is 20.3. The molecule has 1 N–H and O–H groups in total. The Kier molecular flexibility index (Phi) is 5.18. The molecule has 110 valence electrons. The number of nitrogens with zero attached hydrogens (tertiary/aromatic N) is 2. The maximum absolute atomic E-state index is 12.5. The van der Waals surface area contributed by atoms with Gasteiger partial charge in [-0.1, -0.05) is 22.9 Å². The number of carbonyl (C=O) groups excluding carboxylic acids is 1. The van der Waals surface area contributed by atoms with E-state index in [-0.39, 0.29) is 11.9 Å². The molecule has 1 saturated heterocycles. The van der Waals surface area contributed by atoms with Crippen LogP contribution in [-0.2, 0) is 4.79 Å². The molecule has 0 aromatic heterocycles. The van der Waals surface area contributed by atoms with E-state index in [1.54, 1.807) is 0 Å². The summed E-state index contributed by atoms with van der Waals surface area (Å²) in [7, 11) is 2.05. The number of aryl methyl sites for hydroxylation is 1. The molecule has 0 aliphatic carbocycles. The molecule has 1 unspecified atom stereocenters. The van der Waals surface area contributed by atoms with Crippen LogP contribution in [0.2, 0.25) is 0 Å². The first-order chi connectivity index (χ1) is 9.52. The van der Waals surface area contributed by atoms with Gasteiger partial charge in [0.1, 0.15) is 6.04 Å². The average molecular weight is 340 g/mol. The van der Waals surface area contributed by atoms with Crippen molar-refractivity contribution in [1.29, 1.82) is 0 Å². The molecular weight excluding hydrogens is 318 g/mol. The Labute approximate surface area is 129 Å². The fourth-order valence-corrected chi connectivity index (χ4v) is 2.84. The van der Waals surface area contributed by atoms with Crippen LogP contribution in [0.25, 0.3) is 0 Å². The SMILES string of the molecule is CCCN1C(C(=O)Nc2ccc(Br)c(C)c2)CCN1C. The molecule has 0 bridgehead atoms. The summed E-state index contributed by atoms with van der Waals surface area (Å²) in [5, 5.41) is 7.35. The molecule has 0 radical (unpaired) electrons. The van der Waals surface area contributed by atoms with Crippen molar-refractivity contribution >= 4 is 27.5 Å². The lowest BCUT2D eigenvalue weighted by Crippen LogP contribution is -2.45. The maximum Gasteiger partial charge on any atom is 0.243 e. The van der Waals surface area contributed by atoms with Crippen LogP contribution in [-0.4, -0.2) is 42.1 Å². The van der Waals surface area contributed by atoms with E-state index in [2.05, 4.69) is 38.2 Å². The molecule has 2 rings (SSSR count). The fourth-order valence-electron chi connectivity index (χ4n) is 2.59. The van der Waals surface area contributed by atoms with Crippen molar-refractivity contribution in [1.82, 2.24) is 10.0 Å². The summed E-state index contributed by atoms with van der Waals surface area (Å²) in [6, 6.07) is 5.84. The number of hydrogen-bond acceptors (Lipinski definition) is 3. The zero-order valence-corrected chi connectivity index (χ0v) is 13.9. The number of benzene rings is 1. The Hall–Kier alpha value is -0.910. The lowest BCUT2D eigenvalue weighted by Gasteiger charge is -2.28. The first-order valence-electron chi connectivity index (χ1n) is 7.07. The molecule has 1 atom stereocenters. The highest BCUT2D eigenvalue weighted by Crippen LogP contribution is 2.22. The molecule has 5 heteroatoms. The van der Waals surface area contributed by atoms with E-state index in [1.807, 2.05) is 32.2 Å².